The number of hydrogen-bond donors (Lipinski definition) is 1. The molecule has 0 spiro atoms. The lowest BCUT2D eigenvalue weighted by Crippen LogP contribution is -2.33. The largest absolute Gasteiger partial charge is 0.463 e. The Bertz CT molecular complexity index is 1670. The first-order valence-corrected chi connectivity index (χ1v) is 13.3. The maximum atomic E-state index is 13.3. The van der Waals surface area contributed by atoms with Crippen molar-refractivity contribution in [1.82, 2.24) is 24.2 Å². The third-order valence-corrected chi connectivity index (χ3v) is 6.85. The van der Waals surface area contributed by atoms with E-state index in [1.165, 1.54) is 18.2 Å². The van der Waals surface area contributed by atoms with E-state index in [-0.39, 0.29) is 42.2 Å². The second-order valence-corrected chi connectivity index (χ2v) is 11.2. The molecule has 4 rings (SSSR count). The van der Waals surface area contributed by atoms with Crippen LogP contribution in [0.5, 0.6) is 0 Å². The predicted octanol–water partition coefficient (Wildman–Crippen LogP) is 4.57. The van der Waals surface area contributed by atoms with Gasteiger partial charge in [-0.2, -0.15) is 4.98 Å². The van der Waals surface area contributed by atoms with Crippen molar-refractivity contribution in [3.63, 3.8) is 0 Å². The number of hydrogen-bond acceptors (Lipinski definition) is 8. The Balaban J connectivity index is 1.56. The average molecular weight is 601 g/mol. The fourth-order valence-corrected chi connectivity index (χ4v) is 4.60. The van der Waals surface area contributed by atoms with E-state index in [0.29, 0.717) is 32.4 Å². The number of aryl methyl sites for hydroxylation is 1. The van der Waals surface area contributed by atoms with Crippen LogP contribution >= 0.6 is 23.2 Å². The molecule has 1 N–H and O–H groups in total. The van der Waals surface area contributed by atoms with Gasteiger partial charge in [0, 0.05) is 37.4 Å². The number of nitrogens with one attached hydrogen (secondary N) is 1. The van der Waals surface area contributed by atoms with Crippen LogP contribution in [0.2, 0.25) is 10.0 Å². The lowest BCUT2D eigenvalue weighted by Gasteiger charge is -2.20. The number of nitrogens with zero attached hydrogens (tertiary/aromatic N) is 5. The van der Waals surface area contributed by atoms with Gasteiger partial charge in [0.2, 0.25) is 5.95 Å². The van der Waals surface area contributed by atoms with Gasteiger partial charge in [-0.25, -0.2) is 4.98 Å². The minimum Gasteiger partial charge on any atom is -0.463 e. The number of fused-ring (bicyclic) bond motifs is 1. The number of amides is 1. The number of carbonyl (C=O) groups is 2. The van der Waals surface area contributed by atoms with Gasteiger partial charge in [0.1, 0.15) is 19.4 Å². The molecule has 0 aliphatic carbocycles. The van der Waals surface area contributed by atoms with Crippen LogP contribution in [0.3, 0.4) is 0 Å². The minimum atomic E-state index is -0.616. The summed E-state index contributed by atoms with van der Waals surface area (Å²) in [5.41, 5.74) is 0.677. The van der Waals surface area contributed by atoms with Crippen molar-refractivity contribution in [2.75, 3.05) is 32.6 Å². The first kappa shape index (κ1) is 29.9. The Morgan fingerprint density at radius 2 is 1.83 bits per heavy atom. The van der Waals surface area contributed by atoms with E-state index in [0.717, 1.165) is 4.73 Å². The summed E-state index contributed by atoms with van der Waals surface area (Å²) in [4.78, 5) is 54.0. The summed E-state index contributed by atoms with van der Waals surface area (Å²) >= 11 is 12.7. The van der Waals surface area contributed by atoms with Gasteiger partial charge in [0.05, 0.1) is 33.3 Å². The summed E-state index contributed by atoms with van der Waals surface area (Å²) in [7, 11) is 4.72. The molecule has 0 saturated heterocycles. The van der Waals surface area contributed by atoms with E-state index < -0.39 is 11.0 Å². The van der Waals surface area contributed by atoms with E-state index >= 15 is 0 Å². The lowest BCUT2D eigenvalue weighted by atomic mass is 9.97. The molecule has 3 heterocycles. The zero-order valence-electron chi connectivity index (χ0n) is 23.5. The second-order valence-electron chi connectivity index (χ2n) is 10.4. The molecular weight excluding hydrogens is 571 g/mol. The third-order valence-electron chi connectivity index (χ3n) is 6.22. The Morgan fingerprint density at radius 3 is 2.46 bits per heavy atom. The smallest absolute Gasteiger partial charge is 0.311 e. The van der Waals surface area contributed by atoms with E-state index in [1.54, 1.807) is 76.0 Å². The number of rotatable bonds is 8. The normalized spacial score (nSPS) is 11.4. The van der Waals surface area contributed by atoms with Crippen molar-refractivity contribution in [3.05, 3.63) is 68.8 Å². The number of ether oxygens (including phenoxy) is 1. The zero-order valence-corrected chi connectivity index (χ0v) is 25.0. The van der Waals surface area contributed by atoms with Crippen LogP contribution in [0.4, 0.5) is 11.6 Å². The number of likely N-dealkylation sites (N-methyl/N-ethyl adjacent to an activating group) is 1. The van der Waals surface area contributed by atoms with Gasteiger partial charge >= 0.3 is 5.97 Å². The molecule has 0 fully saturated rings. The third kappa shape index (κ3) is 6.31. The maximum Gasteiger partial charge on any atom is 0.311 e. The van der Waals surface area contributed by atoms with Crippen molar-refractivity contribution in [2.45, 2.75) is 20.8 Å². The molecule has 0 aliphatic heterocycles. The summed E-state index contributed by atoms with van der Waals surface area (Å²) in [6, 6.07) is 8.24. The Labute approximate surface area is 246 Å². The van der Waals surface area contributed by atoms with Crippen molar-refractivity contribution >= 4 is 57.7 Å². The predicted molar refractivity (Wildman–Crippen MR) is 158 cm³/mol. The van der Waals surface area contributed by atoms with Crippen LogP contribution in [-0.2, 0) is 16.6 Å². The van der Waals surface area contributed by atoms with Crippen LogP contribution in [0.15, 0.2) is 47.5 Å². The Morgan fingerprint density at radius 1 is 1.15 bits per heavy atom. The van der Waals surface area contributed by atoms with E-state index in [1.807, 2.05) is 0 Å². The molecule has 0 radical (unpaired) electrons. The number of anilines is 2. The quantitative estimate of drug-likeness (QED) is 0.292. The number of pyridine rings is 1. The van der Waals surface area contributed by atoms with Gasteiger partial charge in [-0.15, -0.1) is 4.73 Å². The number of halogens is 2. The Hall–Kier alpha value is -4.09. The first-order chi connectivity index (χ1) is 19.3. The minimum absolute atomic E-state index is 0.0877. The zero-order chi connectivity index (χ0) is 30.1. The lowest BCUT2D eigenvalue weighted by molar-refractivity contribution is -0.153. The molecule has 11 nitrogen and oxygen atoms in total. The molecule has 0 bridgehead atoms. The van der Waals surface area contributed by atoms with Gasteiger partial charge in [-0.3, -0.25) is 14.4 Å². The van der Waals surface area contributed by atoms with Crippen LogP contribution < -0.4 is 15.7 Å². The summed E-state index contributed by atoms with van der Waals surface area (Å²) in [6.07, 6.45) is 3.25. The van der Waals surface area contributed by atoms with Gasteiger partial charge in [-0.1, -0.05) is 29.3 Å². The molecule has 0 unspecified atom stereocenters. The second kappa shape index (κ2) is 11.8. The molecule has 0 atom stereocenters. The van der Waals surface area contributed by atoms with Crippen molar-refractivity contribution in [1.29, 1.82) is 0 Å². The molecule has 4 aromatic rings. The Kier molecular flexibility index (Phi) is 8.60. The highest BCUT2D eigenvalue weighted by molar-refractivity contribution is 6.39. The van der Waals surface area contributed by atoms with Crippen molar-refractivity contribution in [3.8, 4) is 11.1 Å². The van der Waals surface area contributed by atoms with Gasteiger partial charge in [0.25, 0.3) is 11.5 Å². The van der Waals surface area contributed by atoms with Crippen molar-refractivity contribution in [2.24, 2.45) is 12.5 Å². The molecule has 41 heavy (non-hydrogen) atoms. The molecule has 13 heteroatoms. The molecular formula is C28H30Cl2N6O5. The summed E-state index contributed by atoms with van der Waals surface area (Å²) in [5, 5.41) is 4.22. The van der Waals surface area contributed by atoms with Gasteiger partial charge < -0.3 is 24.4 Å². The molecule has 3 aromatic heterocycles. The summed E-state index contributed by atoms with van der Waals surface area (Å²) < 4.78 is 7.97. The van der Waals surface area contributed by atoms with Crippen molar-refractivity contribution < 1.29 is 19.2 Å². The standard InChI is InChI=1S/C28H30Cl2N6O5/c1-28(2,3)26(39)41-11-10-34(4)25(38)21-13-17(15-35(21)5)32-27-31-14-16-12-18(22-19(29)8-7-9-20(22)30)24(37)36(40-6)23(16)33-27/h7-9,12-15H,10-11H2,1-6H3,(H,31,32,33). The van der Waals surface area contributed by atoms with Gasteiger partial charge in [-0.05, 0) is 45.0 Å². The number of esters is 1. The van der Waals surface area contributed by atoms with Crippen LogP contribution in [0, 0.1) is 5.41 Å². The van der Waals surface area contributed by atoms with E-state index in [9.17, 15) is 14.4 Å². The van der Waals surface area contributed by atoms with Crippen LogP contribution in [-0.4, -0.2) is 63.4 Å². The van der Waals surface area contributed by atoms with E-state index in [2.05, 4.69) is 15.3 Å². The summed E-state index contributed by atoms with van der Waals surface area (Å²) in [6.45, 7) is 5.63. The highest BCUT2D eigenvalue weighted by Crippen LogP contribution is 2.34. The fourth-order valence-electron chi connectivity index (χ4n) is 4.00. The molecule has 216 valence electrons. The first-order valence-electron chi connectivity index (χ1n) is 12.6. The monoisotopic (exact) mass is 600 g/mol. The topological polar surface area (TPSA) is 121 Å². The SMILES string of the molecule is COn1c(=O)c(-c2c(Cl)cccc2Cl)cc2cnc(Nc3cc(C(=O)N(C)CCOC(=O)C(C)(C)C)n(C)c3)nc21. The molecule has 0 aliphatic rings. The maximum absolute atomic E-state index is 13.3. The molecule has 1 amide bonds. The van der Waals surface area contributed by atoms with E-state index in [4.69, 9.17) is 32.8 Å². The average Bonchev–Trinajstić information content (AvgIpc) is 3.27. The highest BCUT2D eigenvalue weighted by Gasteiger charge is 2.24. The number of benzene rings is 1. The van der Waals surface area contributed by atoms with Crippen LogP contribution in [0.1, 0.15) is 31.3 Å². The van der Waals surface area contributed by atoms with Gasteiger partial charge in [0.15, 0.2) is 5.65 Å². The summed E-state index contributed by atoms with van der Waals surface area (Å²) in [5.74, 6) is -0.411. The number of carbonyl (C=O) groups excluding carboxylic acids is 2. The number of aromatic nitrogens is 4. The fraction of sp³-hybridized carbons (Fsp3) is 0.321. The van der Waals surface area contributed by atoms with Crippen LogP contribution in [0.25, 0.3) is 22.2 Å². The molecule has 1 aromatic carbocycles. The highest BCUT2D eigenvalue weighted by atomic mass is 35.5. The molecule has 0 saturated carbocycles.